The molecule has 2 N–H and O–H groups in total. The van der Waals surface area contributed by atoms with E-state index in [4.69, 9.17) is 23.8 Å². The van der Waals surface area contributed by atoms with Crippen LogP contribution in [0.3, 0.4) is 0 Å². The summed E-state index contributed by atoms with van der Waals surface area (Å²) < 4.78 is 27.7. The van der Waals surface area contributed by atoms with E-state index in [0.29, 0.717) is 17.5 Å². The summed E-state index contributed by atoms with van der Waals surface area (Å²) in [6, 6.07) is -0.328. The molecule has 0 rings (SSSR count). The Labute approximate surface area is 240 Å². The average molecular weight is 581 g/mol. The number of likely N-dealkylation sites (N-methyl/N-ethyl adjacent to an activating group) is 1. The Hall–Kier alpha value is -0.500. The van der Waals surface area contributed by atoms with Gasteiger partial charge in [0.25, 0.3) is 0 Å². The van der Waals surface area contributed by atoms with Gasteiger partial charge >= 0.3 is 13.8 Å². The maximum Gasteiger partial charge on any atom is 0.469 e. The van der Waals surface area contributed by atoms with E-state index in [1.54, 1.807) is 13.8 Å². The molecule has 0 aliphatic heterocycles. The van der Waals surface area contributed by atoms with Gasteiger partial charge in [0.05, 0.1) is 39.8 Å². The van der Waals surface area contributed by atoms with Crippen molar-refractivity contribution in [2.75, 3.05) is 47.6 Å². The van der Waals surface area contributed by atoms with Crippen molar-refractivity contribution in [2.45, 2.75) is 136 Å². The monoisotopic (exact) mass is 580 g/mol. The van der Waals surface area contributed by atoms with E-state index in [9.17, 15) is 9.36 Å². The Balaban J connectivity index is 4.17. The van der Waals surface area contributed by atoms with Gasteiger partial charge in [0.15, 0.2) is 0 Å². The largest absolute Gasteiger partial charge is 0.469 e. The van der Waals surface area contributed by atoms with Gasteiger partial charge in [-0.25, -0.2) is 4.57 Å². The fourth-order valence-corrected chi connectivity index (χ4v) is 5.18. The van der Waals surface area contributed by atoms with Gasteiger partial charge in [0.1, 0.15) is 12.6 Å². The van der Waals surface area contributed by atoms with Crippen molar-refractivity contribution >= 4 is 13.8 Å². The second-order valence-corrected chi connectivity index (χ2v) is 13.6. The molecule has 0 aromatic carbocycles. The van der Waals surface area contributed by atoms with Crippen molar-refractivity contribution in [3.05, 3.63) is 0 Å². The number of carbonyl (C=O) groups excluding carboxylic acids is 1. The van der Waals surface area contributed by atoms with Crippen molar-refractivity contribution < 1.29 is 37.6 Å². The summed E-state index contributed by atoms with van der Waals surface area (Å²) in [6.07, 6.45) is 21.4. The maximum absolute atomic E-state index is 12.8. The molecule has 0 aromatic heterocycles. The number of hydrogen-bond donors (Lipinski definition) is 2. The van der Waals surface area contributed by atoms with Gasteiger partial charge in [-0.2, -0.15) is 0 Å². The second kappa shape index (κ2) is 22.1. The van der Waals surface area contributed by atoms with Gasteiger partial charge < -0.3 is 23.7 Å². The van der Waals surface area contributed by atoms with Crippen LogP contribution in [-0.2, 0) is 23.4 Å². The highest BCUT2D eigenvalue weighted by atomic mass is 31.2. The highest BCUT2D eigenvalue weighted by Gasteiger charge is 2.42. The first-order valence-electron chi connectivity index (χ1n) is 15.6. The number of quaternary nitrogens is 1. The molecule has 0 aliphatic carbocycles. The summed E-state index contributed by atoms with van der Waals surface area (Å²) in [4.78, 5) is 31.2. The minimum atomic E-state index is -4.61. The van der Waals surface area contributed by atoms with Crippen LogP contribution in [0.5, 0.6) is 0 Å². The van der Waals surface area contributed by atoms with Crippen LogP contribution in [-0.4, -0.2) is 73.9 Å². The zero-order valence-corrected chi connectivity index (χ0v) is 27.2. The normalized spacial score (nSPS) is 14.8. The van der Waals surface area contributed by atoms with Gasteiger partial charge in [0, 0.05) is 13.0 Å². The van der Waals surface area contributed by atoms with E-state index in [-0.39, 0.29) is 31.8 Å². The SMILES string of the molecule is CCCCCCCCCCCCCCCCCCOCC(C)(CC(COP(=O)(O)O)[N+](C)(C)C)C(=O)OCC. The summed E-state index contributed by atoms with van der Waals surface area (Å²) in [6.45, 7) is 6.73. The zero-order chi connectivity index (χ0) is 29.6. The molecule has 0 bridgehead atoms. The van der Waals surface area contributed by atoms with Crippen LogP contribution >= 0.6 is 7.82 Å². The summed E-state index contributed by atoms with van der Waals surface area (Å²) in [5.41, 5.74) is -0.931. The van der Waals surface area contributed by atoms with E-state index in [1.807, 2.05) is 21.1 Å². The van der Waals surface area contributed by atoms with Gasteiger partial charge in [-0.15, -0.1) is 0 Å². The Bertz CT molecular complexity index is 650. The first kappa shape index (κ1) is 38.5. The number of phosphoric acid groups is 1. The number of esters is 1. The van der Waals surface area contributed by atoms with Crippen LogP contribution in [0.15, 0.2) is 0 Å². The molecule has 0 aromatic rings. The molecule has 0 heterocycles. The zero-order valence-electron chi connectivity index (χ0n) is 26.3. The number of rotatable bonds is 27. The first-order valence-corrected chi connectivity index (χ1v) is 17.1. The van der Waals surface area contributed by atoms with Crippen LogP contribution < -0.4 is 0 Å². The van der Waals surface area contributed by atoms with Crippen molar-refractivity contribution in [2.24, 2.45) is 5.41 Å². The highest BCUT2D eigenvalue weighted by molar-refractivity contribution is 7.46. The Kier molecular flexibility index (Phi) is 21.9. The van der Waals surface area contributed by atoms with Crippen LogP contribution in [0.2, 0.25) is 0 Å². The smallest absolute Gasteiger partial charge is 0.466 e. The van der Waals surface area contributed by atoms with Crippen molar-refractivity contribution in [3.8, 4) is 0 Å². The van der Waals surface area contributed by atoms with E-state index in [0.717, 1.165) is 12.8 Å². The average Bonchev–Trinajstić information content (AvgIpc) is 2.84. The van der Waals surface area contributed by atoms with Crippen LogP contribution in [0.1, 0.15) is 130 Å². The van der Waals surface area contributed by atoms with E-state index >= 15 is 0 Å². The standard InChI is InChI=1S/C30H62NO7P/c1-7-9-10-11-12-13-14-15-16-17-18-19-20-21-22-23-24-36-27-30(3,29(32)37-8-2)25-28(31(4,5)6)26-38-39(33,34)35/h28H,7-27H2,1-6H3,(H-,33,34,35)/p+1. The number of ether oxygens (including phenoxy) is 2. The lowest BCUT2D eigenvalue weighted by Crippen LogP contribution is -2.52. The van der Waals surface area contributed by atoms with Gasteiger partial charge in [-0.05, 0) is 20.3 Å². The third-order valence-electron chi connectivity index (χ3n) is 7.55. The lowest BCUT2D eigenvalue weighted by atomic mass is 9.83. The quantitative estimate of drug-likeness (QED) is 0.0451. The van der Waals surface area contributed by atoms with E-state index in [2.05, 4.69) is 6.92 Å². The molecule has 234 valence electrons. The summed E-state index contributed by atoms with van der Waals surface area (Å²) >= 11 is 0. The molecule has 0 saturated carbocycles. The Morgan fingerprint density at radius 2 is 1.23 bits per heavy atom. The van der Waals surface area contributed by atoms with E-state index < -0.39 is 13.2 Å². The molecule has 2 atom stereocenters. The lowest BCUT2D eigenvalue weighted by Gasteiger charge is -2.38. The highest BCUT2D eigenvalue weighted by Crippen LogP contribution is 2.38. The summed E-state index contributed by atoms with van der Waals surface area (Å²) in [5.74, 6) is -0.355. The Morgan fingerprint density at radius 3 is 1.62 bits per heavy atom. The molecule has 0 amide bonds. The molecule has 0 spiro atoms. The van der Waals surface area contributed by atoms with Crippen LogP contribution in [0.4, 0.5) is 0 Å². The second-order valence-electron chi connectivity index (χ2n) is 12.4. The maximum atomic E-state index is 12.8. The fraction of sp³-hybridized carbons (Fsp3) is 0.967. The predicted octanol–water partition coefficient (Wildman–Crippen LogP) is 7.41. The number of nitrogens with zero attached hydrogens (tertiary/aromatic N) is 1. The fourth-order valence-electron chi connectivity index (χ4n) is 4.82. The third-order valence-corrected chi connectivity index (χ3v) is 8.03. The Morgan fingerprint density at radius 1 is 0.795 bits per heavy atom. The molecule has 39 heavy (non-hydrogen) atoms. The van der Waals surface area contributed by atoms with Crippen molar-refractivity contribution in [3.63, 3.8) is 0 Å². The molecular weight excluding hydrogens is 517 g/mol. The number of phosphoric ester groups is 1. The number of carbonyl (C=O) groups is 1. The number of hydrogen-bond acceptors (Lipinski definition) is 5. The molecule has 8 nitrogen and oxygen atoms in total. The molecule has 0 fully saturated rings. The minimum Gasteiger partial charge on any atom is -0.466 e. The van der Waals surface area contributed by atoms with Crippen LogP contribution in [0.25, 0.3) is 0 Å². The molecular formula is C30H63NO7P+. The van der Waals surface area contributed by atoms with Crippen molar-refractivity contribution in [1.82, 2.24) is 0 Å². The molecule has 0 saturated heterocycles. The molecule has 2 unspecified atom stereocenters. The molecule has 9 heteroatoms. The van der Waals surface area contributed by atoms with Crippen molar-refractivity contribution in [1.29, 1.82) is 0 Å². The first-order chi connectivity index (χ1) is 18.4. The van der Waals surface area contributed by atoms with E-state index in [1.165, 1.54) is 89.9 Å². The summed E-state index contributed by atoms with van der Waals surface area (Å²) in [7, 11) is 1.13. The topological polar surface area (TPSA) is 102 Å². The predicted molar refractivity (Wildman–Crippen MR) is 160 cm³/mol. The lowest BCUT2D eigenvalue weighted by molar-refractivity contribution is -0.897. The number of unbranched alkanes of at least 4 members (excludes halogenated alkanes) is 15. The summed E-state index contributed by atoms with van der Waals surface area (Å²) in [5, 5.41) is 0. The van der Waals surface area contributed by atoms with Gasteiger partial charge in [-0.1, -0.05) is 103 Å². The molecule has 0 radical (unpaired) electrons. The molecule has 0 aliphatic rings. The van der Waals surface area contributed by atoms with Gasteiger partial charge in [-0.3, -0.25) is 9.32 Å². The third kappa shape index (κ3) is 21.9. The minimum absolute atomic E-state index is 0.165. The van der Waals surface area contributed by atoms with Crippen LogP contribution in [0, 0.1) is 5.41 Å². The van der Waals surface area contributed by atoms with Gasteiger partial charge in [0.2, 0.25) is 0 Å².